The number of nitrogens with two attached hydrogens (primary N) is 1. The lowest BCUT2D eigenvalue weighted by molar-refractivity contribution is 0.139. The number of para-hydroxylation sites is 1. The number of primary amides is 1. The summed E-state index contributed by atoms with van der Waals surface area (Å²) in [5.41, 5.74) is 5.73. The standard InChI is InChI=1S/C15H16F3NO2S.CH3NOS/c1-15(2)8-9-4-3-5-11(12(9)21-15)19-14(22)20-7-6-10(16)13(17)18;2-1(3)4/h3-5H,6-8H2,1-2H3,(H,19,22);(H3,2,3,4). The summed E-state index contributed by atoms with van der Waals surface area (Å²) in [5.74, 6) is -0.798. The Labute approximate surface area is 160 Å². The normalized spacial score (nSPS) is 13.5. The molecule has 3 N–H and O–H groups in total. The number of halogens is 3. The number of carbonyl (C=O) groups is 1. The molecular weight excluding hydrogens is 389 g/mol. The number of fused-ring (bicyclic) bond motifs is 1. The molecule has 1 amide bonds. The van der Waals surface area contributed by atoms with Gasteiger partial charge in [0.05, 0.1) is 12.3 Å². The summed E-state index contributed by atoms with van der Waals surface area (Å²) >= 11 is 8.07. The van der Waals surface area contributed by atoms with Gasteiger partial charge in [-0.25, -0.2) is 4.39 Å². The maximum absolute atomic E-state index is 12.6. The molecule has 26 heavy (non-hydrogen) atoms. The third kappa shape index (κ3) is 7.52. The van der Waals surface area contributed by atoms with Gasteiger partial charge in [0.2, 0.25) is 0 Å². The summed E-state index contributed by atoms with van der Waals surface area (Å²) in [5, 5.41) is 2.18. The lowest BCUT2D eigenvalue weighted by Crippen LogP contribution is -2.25. The highest BCUT2D eigenvalue weighted by molar-refractivity contribution is 7.96. The third-order valence-corrected chi connectivity index (χ3v) is 3.31. The molecular formula is C16H19F3N2O3S2. The smallest absolute Gasteiger partial charge is 0.301 e. The van der Waals surface area contributed by atoms with E-state index in [1.54, 1.807) is 6.07 Å². The van der Waals surface area contributed by atoms with Gasteiger partial charge in [-0.3, -0.25) is 4.79 Å². The van der Waals surface area contributed by atoms with Crippen molar-refractivity contribution in [3.8, 4) is 5.75 Å². The van der Waals surface area contributed by atoms with Crippen LogP contribution in [0.3, 0.4) is 0 Å². The second-order valence-corrected chi connectivity index (χ2v) is 6.66. The molecule has 0 aromatic heterocycles. The molecule has 10 heteroatoms. The molecule has 0 saturated heterocycles. The second kappa shape index (κ2) is 9.67. The van der Waals surface area contributed by atoms with E-state index in [4.69, 9.17) is 26.5 Å². The predicted molar refractivity (Wildman–Crippen MR) is 101 cm³/mol. The first-order chi connectivity index (χ1) is 12.0. The Bertz CT molecular complexity index is 704. The van der Waals surface area contributed by atoms with Crippen molar-refractivity contribution in [1.29, 1.82) is 0 Å². The fourth-order valence-corrected chi connectivity index (χ4v) is 2.38. The molecule has 1 aliphatic rings. The first kappa shape index (κ1) is 22.1. The molecule has 0 unspecified atom stereocenters. The van der Waals surface area contributed by atoms with Crippen LogP contribution < -0.4 is 15.8 Å². The monoisotopic (exact) mass is 408 g/mol. The van der Waals surface area contributed by atoms with E-state index in [0.29, 0.717) is 11.4 Å². The molecule has 144 valence electrons. The van der Waals surface area contributed by atoms with Crippen molar-refractivity contribution in [3.63, 3.8) is 0 Å². The molecule has 2 rings (SSSR count). The zero-order chi connectivity index (χ0) is 19.9. The first-order valence-corrected chi connectivity index (χ1v) is 8.30. The van der Waals surface area contributed by atoms with Crippen molar-refractivity contribution in [3.05, 3.63) is 35.7 Å². The van der Waals surface area contributed by atoms with Crippen LogP contribution in [0.5, 0.6) is 5.75 Å². The van der Waals surface area contributed by atoms with E-state index >= 15 is 0 Å². The van der Waals surface area contributed by atoms with Crippen LogP contribution >= 0.6 is 24.8 Å². The zero-order valence-electron chi connectivity index (χ0n) is 14.1. The maximum atomic E-state index is 12.6. The second-order valence-electron chi connectivity index (χ2n) is 5.85. The van der Waals surface area contributed by atoms with Gasteiger partial charge in [0.1, 0.15) is 11.4 Å². The molecule has 0 spiro atoms. The number of carbonyl (C=O) groups excluding carboxylic acids is 1. The summed E-state index contributed by atoms with van der Waals surface area (Å²) < 4.78 is 47.3. The van der Waals surface area contributed by atoms with Gasteiger partial charge in [-0.05, 0) is 32.1 Å². The van der Waals surface area contributed by atoms with Gasteiger partial charge in [0.25, 0.3) is 10.4 Å². The number of ether oxygens (including phenoxy) is 2. The first-order valence-electron chi connectivity index (χ1n) is 7.44. The van der Waals surface area contributed by atoms with Crippen molar-refractivity contribution < 1.29 is 27.4 Å². The van der Waals surface area contributed by atoms with Crippen LogP contribution in [-0.2, 0) is 11.2 Å². The number of nitrogens with one attached hydrogen (secondary N) is 1. The largest absolute Gasteiger partial charge is 0.485 e. The molecule has 1 heterocycles. The lowest BCUT2D eigenvalue weighted by Gasteiger charge is -2.18. The Hall–Kier alpha value is -1.94. The van der Waals surface area contributed by atoms with E-state index in [9.17, 15) is 13.2 Å². The molecule has 1 aliphatic heterocycles. The summed E-state index contributed by atoms with van der Waals surface area (Å²) in [7, 11) is 0. The number of anilines is 1. The molecule has 0 fully saturated rings. The van der Waals surface area contributed by atoms with E-state index in [0.717, 1.165) is 12.0 Å². The Morgan fingerprint density at radius 3 is 2.62 bits per heavy atom. The highest BCUT2D eigenvalue weighted by Crippen LogP contribution is 2.40. The van der Waals surface area contributed by atoms with Crippen LogP contribution in [0.15, 0.2) is 30.1 Å². The van der Waals surface area contributed by atoms with Gasteiger partial charge >= 0.3 is 6.08 Å². The fraction of sp³-hybridized carbons (Fsp3) is 0.375. The van der Waals surface area contributed by atoms with Gasteiger partial charge in [-0.15, -0.1) is 0 Å². The maximum Gasteiger partial charge on any atom is 0.301 e. The van der Waals surface area contributed by atoms with Crippen molar-refractivity contribution in [2.45, 2.75) is 32.3 Å². The Balaban J connectivity index is 0.000000765. The van der Waals surface area contributed by atoms with Crippen LogP contribution in [0.2, 0.25) is 0 Å². The average Bonchev–Trinajstić information content (AvgIpc) is 2.81. The number of hydrogen-bond acceptors (Lipinski definition) is 4. The minimum atomic E-state index is -2.33. The van der Waals surface area contributed by atoms with Gasteiger partial charge in [0.15, 0.2) is 5.83 Å². The lowest BCUT2D eigenvalue weighted by atomic mass is 10.0. The minimum Gasteiger partial charge on any atom is -0.485 e. The number of hydrogen-bond donors (Lipinski definition) is 3. The molecule has 0 radical (unpaired) electrons. The average molecular weight is 408 g/mol. The Kier molecular flexibility index (Phi) is 8.22. The van der Waals surface area contributed by atoms with Crippen LogP contribution in [0.25, 0.3) is 0 Å². The molecule has 1 aromatic rings. The molecule has 1 aromatic carbocycles. The van der Waals surface area contributed by atoms with Gasteiger partial charge in [-0.2, -0.15) is 8.78 Å². The summed E-state index contributed by atoms with van der Waals surface area (Å²) in [4.78, 5) is 9.09. The molecule has 5 nitrogen and oxygen atoms in total. The summed E-state index contributed by atoms with van der Waals surface area (Å²) in [6, 6.07) is 5.59. The van der Waals surface area contributed by atoms with Crippen LogP contribution in [0.1, 0.15) is 25.8 Å². The molecule has 0 aliphatic carbocycles. The highest BCUT2D eigenvalue weighted by atomic mass is 32.1. The van der Waals surface area contributed by atoms with Crippen LogP contribution in [-0.4, -0.2) is 22.6 Å². The SMILES string of the molecule is CC1(C)Cc2cccc(NC(=S)OCCC(F)=C(F)F)c2O1.NC(=O)S. The van der Waals surface area contributed by atoms with Crippen molar-refractivity contribution in [2.75, 3.05) is 11.9 Å². The van der Waals surface area contributed by atoms with E-state index in [-0.39, 0.29) is 17.4 Å². The summed E-state index contributed by atoms with van der Waals surface area (Å²) in [6.45, 7) is 3.69. The number of amides is 1. The van der Waals surface area contributed by atoms with E-state index < -0.39 is 23.6 Å². The van der Waals surface area contributed by atoms with Gasteiger partial charge in [0, 0.05) is 18.4 Å². The van der Waals surface area contributed by atoms with E-state index in [1.807, 2.05) is 26.0 Å². The van der Waals surface area contributed by atoms with Crippen LogP contribution in [0.4, 0.5) is 23.7 Å². The zero-order valence-corrected chi connectivity index (χ0v) is 15.9. The number of thiocarbonyl (C=S) groups is 1. The minimum absolute atomic E-state index is 0.0197. The van der Waals surface area contributed by atoms with Gasteiger partial charge in [-0.1, -0.05) is 24.8 Å². The predicted octanol–water partition coefficient (Wildman–Crippen LogP) is 4.58. The third-order valence-electron chi connectivity index (χ3n) is 3.09. The molecule has 0 atom stereocenters. The summed E-state index contributed by atoms with van der Waals surface area (Å²) in [6.07, 6.45) is -2.09. The van der Waals surface area contributed by atoms with Crippen molar-refractivity contribution in [1.82, 2.24) is 0 Å². The fourth-order valence-electron chi connectivity index (χ4n) is 2.19. The highest BCUT2D eigenvalue weighted by Gasteiger charge is 2.31. The number of thiol groups is 1. The molecule has 0 saturated carbocycles. The van der Waals surface area contributed by atoms with Crippen molar-refractivity contribution >= 4 is 40.9 Å². The molecule has 0 bridgehead atoms. The number of rotatable bonds is 4. The van der Waals surface area contributed by atoms with E-state index in [2.05, 4.69) is 23.7 Å². The van der Waals surface area contributed by atoms with Crippen LogP contribution in [0, 0.1) is 0 Å². The van der Waals surface area contributed by atoms with E-state index in [1.165, 1.54) is 0 Å². The topological polar surface area (TPSA) is 73.6 Å². The Morgan fingerprint density at radius 2 is 2.04 bits per heavy atom. The number of benzene rings is 1. The Morgan fingerprint density at radius 1 is 1.42 bits per heavy atom. The quantitative estimate of drug-likeness (QED) is 0.503. The van der Waals surface area contributed by atoms with Crippen molar-refractivity contribution in [2.24, 2.45) is 5.73 Å². The van der Waals surface area contributed by atoms with Gasteiger partial charge < -0.3 is 20.5 Å².